The Morgan fingerprint density at radius 2 is 2.16 bits per heavy atom. The van der Waals surface area contributed by atoms with E-state index >= 15 is 0 Å². The summed E-state index contributed by atoms with van der Waals surface area (Å²) in [6.45, 7) is 3.39. The number of thiazole rings is 1. The molecule has 0 bridgehead atoms. The summed E-state index contributed by atoms with van der Waals surface area (Å²) in [5.74, 6) is -1.39. The van der Waals surface area contributed by atoms with E-state index < -0.39 is 21.1 Å². The van der Waals surface area contributed by atoms with E-state index in [1.165, 1.54) is 6.08 Å². The maximum atomic E-state index is 12.3. The van der Waals surface area contributed by atoms with Crippen LogP contribution in [-0.2, 0) is 14.6 Å². The summed E-state index contributed by atoms with van der Waals surface area (Å²) in [4.78, 5) is 15.1. The zero-order chi connectivity index (χ0) is 14.0. The van der Waals surface area contributed by atoms with E-state index in [1.807, 2.05) is 0 Å². The van der Waals surface area contributed by atoms with E-state index in [1.54, 1.807) is 24.3 Å². The van der Waals surface area contributed by atoms with Crippen molar-refractivity contribution in [3.05, 3.63) is 36.9 Å². The Morgan fingerprint density at radius 3 is 2.74 bits per heavy atom. The minimum absolute atomic E-state index is 0.145. The van der Waals surface area contributed by atoms with Gasteiger partial charge in [0.15, 0.2) is 5.25 Å². The molecule has 0 saturated carbocycles. The van der Waals surface area contributed by atoms with Crippen LogP contribution < -0.4 is 0 Å². The van der Waals surface area contributed by atoms with Crippen LogP contribution >= 0.6 is 11.3 Å². The van der Waals surface area contributed by atoms with Gasteiger partial charge in [-0.05, 0) is 18.6 Å². The van der Waals surface area contributed by atoms with Crippen LogP contribution in [0.1, 0.15) is 6.42 Å². The Labute approximate surface area is 114 Å². The number of sulfone groups is 1. The normalized spacial score (nSPS) is 13.3. The van der Waals surface area contributed by atoms with Gasteiger partial charge in [0.1, 0.15) is 0 Å². The van der Waals surface area contributed by atoms with Crippen LogP contribution in [0, 0.1) is 0 Å². The second-order valence-corrected chi connectivity index (χ2v) is 7.18. The predicted octanol–water partition coefficient (Wildman–Crippen LogP) is 2.10. The number of fused-ring (bicyclic) bond motifs is 1. The number of carboxylic acid groups (broad SMARTS) is 1. The largest absolute Gasteiger partial charge is 0.480 e. The summed E-state index contributed by atoms with van der Waals surface area (Å²) in [7, 11) is -3.99. The average Bonchev–Trinajstić information content (AvgIpc) is 2.79. The highest BCUT2D eigenvalue weighted by molar-refractivity contribution is 7.94. The highest BCUT2D eigenvalue weighted by atomic mass is 32.2. The second kappa shape index (κ2) is 5.10. The van der Waals surface area contributed by atoms with Crippen molar-refractivity contribution in [1.29, 1.82) is 0 Å². The summed E-state index contributed by atoms with van der Waals surface area (Å²) in [6.07, 6.45) is 1.14. The van der Waals surface area contributed by atoms with Crippen molar-refractivity contribution >= 4 is 37.4 Å². The third kappa shape index (κ3) is 2.52. The SMILES string of the molecule is C=CCC(C(=O)O)S(=O)(=O)c1nc2ccccc2s1. The Kier molecular flexibility index (Phi) is 3.68. The number of allylic oxidation sites excluding steroid dienone is 1. The molecule has 0 spiro atoms. The van der Waals surface area contributed by atoms with E-state index in [9.17, 15) is 13.2 Å². The summed E-state index contributed by atoms with van der Waals surface area (Å²) < 4.78 is 25.1. The zero-order valence-electron chi connectivity index (χ0n) is 9.81. The molecule has 0 saturated heterocycles. The minimum atomic E-state index is -3.99. The molecule has 100 valence electrons. The van der Waals surface area contributed by atoms with Gasteiger partial charge in [-0.15, -0.1) is 17.9 Å². The number of rotatable bonds is 5. The second-order valence-electron chi connectivity index (χ2n) is 3.84. The van der Waals surface area contributed by atoms with E-state index in [4.69, 9.17) is 5.11 Å². The van der Waals surface area contributed by atoms with Crippen LogP contribution in [0.5, 0.6) is 0 Å². The maximum Gasteiger partial charge on any atom is 0.322 e. The standard InChI is InChI=1S/C12H11NO4S2/c1-2-5-10(11(14)15)19(16,17)12-13-8-6-3-4-7-9(8)18-12/h2-4,6-7,10H,1,5H2,(H,14,15). The third-order valence-corrected chi connectivity index (χ3v) is 6.05. The van der Waals surface area contributed by atoms with E-state index in [0.717, 1.165) is 11.3 Å². The summed E-state index contributed by atoms with van der Waals surface area (Å²) >= 11 is 0.979. The molecule has 0 aliphatic rings. The van der Waals surface area contributed by atoms with Crippen molar-refractivity contribution in [1.82, 2.24) is 4.98 Å². The van der Waals surface area contributed by atoms with Crippen LogP contribution in [0.25, 0.3) is 10.2 Å². The first kappa shape index (κ1) is 13.7. The number of nitrogens with zero attached hydrogens (tertiary/aromatic N) is 1. The van der Waals surface area contributed by atoms with Gasteiger partial charge in [0.2, 0.25) is 14.2 Å². The summed E-state index contributed by atoms with van der Waals surface area (Å²) in [6, 6.07) is 6.95. The molecule has 0 aliphatic heterocycles. The molecule has 2 aromatic rings. The van der Waals surface area contributed by atoms with Gasteiger partial charge >= 0.3 is 5.97 Å². The Hall–Kier alpha value is -1.73. The molecule has 5 nitrogen and oxygen atoms in total. The molecule has 1 aromatic carbocycles. The highest BCUT2D eigenvalue weighted by Crippen LogP contribution is 2.28. The number of hydrogen-bond acceptors (Lipinski definition) is 5. The lowest BCUT2D eigenvalue weighted by Gasteiger charge is -2.08. The summed E-state index contributed by atoms with van der Waals surface area (Å²) in [5, 5.41) is 7.49. The first-order valence-corrected chi connectivity index (χ1v) is 7.76. The van der Waals surface area contributed by atoms with Crippen molar-refractivity contribution in [2.24, 2.45) is 0 Å². The Morgan fingerprint density at radius 1 is 1.47 bits per heavy atom. The van der Waals surface area contributed by atoms with Crippen LogP contribution in [-0.4, -0.2) is 29.7 Å². The minimum Gasteiger partial charge on any atom is -0.480 e. The van der Waals surface area contributed by atoms with E-state index in [-0.39, 0.29) is 10.8 Å². The number of aromatic nitrogens is 1. The van der Waals surface area contributed by atoms with Crippen molar-refractivity contribution < 1.29 is 18.3 Å². The molecular formula is C12H11NO4S2. The van der Waals surface area contributed by atoms with Gasteiger partial charge in [-0.1, -0.05) is 18.2 Å². The molecule has 7 heteroatoms. The van der Waals surface area contributed by atoms with Crippen molar-refractivity contribution in [2.45, 2.75) is 16.0 Å². The molecule has 0 radical (unpaired) electrons. The van der Waals surface area contributed by atoms with Crippen LogP contribution in [0.4, 0.5) is 0 Å². The van der Waals surface area contributed by atoms with Crippen LogP contribution in [0.2, 0.25) is 0 Å². The number of aliphatic carboxylic acids is 1. The molecule has 1 aromatic heterocycles. The smallest absolute Gasteiger partial charge is 0.322 e. The molecule has 1 atom stereocenters. The van der Waals surface area contributed by atoms with Gasteiger partial charge < -0.3 is 5.11 Å². The number of hydrogen-bond donors (Lipinski definition) is 1. The fourth-order valence-corrected chi connectivity index (χ4v) is 4.51. The number of carbonyl (C=O) groups is 1. The quantitative estimate of drug-likeness (QED) is 0.854. The van der Waals surface area contributed by atoms with Gasteiger partial charge in [-0.3, -0.25) is 4.79 Å². The van der Waals surface area contributed by atoms with E-state index in [2.05, 4.69) is 11.6 Å². The molecule has 0 aliphatic carbocycles. The lowest BCUT2D eigenvalue weighted by Crippen LogP contribution is -2.29. The van der Waals surface area contributed by atoms with Gasteiger partial charge in [0.05, 0.1) is 10.2 Å². The average molecular weight is 297 g/mol. The highest BCUT2D eigenvalue weighted by Gasteiger charge is 2.35. The monoisotopic (exact) mass is 297 g/mol. The van der Waals surface area contributed by atoms with Gasteiger partial charge in [-0.2, -0.15) is 0 Å². The molecule has 1 unspecified atom stereocenters. The number of para-hydroxylation sites is 1. The Bertz CT molecular complexity index is 700. The zero-order valence-corrected chi connectivity index (χ0v) is 11.4. The molecule has 2 rings (SSSR count). The topological polar surface area (TPSA) is 84.3 Å². The van der Waals surface area contributed by atoms with Gasteiger partial charge in [0, 0.05) is 0 Å². The maximum absolute atomic E-state index is 12.3. The van der Waals surface area contributed by atoms with Crippen LogP contribution in [0.15, 0.2) is 41.3 Å². The molecule has 0 amide bonds. The fraction of sp³-hybridized carbons (Fsp3) is 0.167. The van der Waals surface area contributed by atoms with E-state index in [0.29, 0.717) is 10.2 Å². The first-order valence-electron chi connectivity index (χ1n) is 5.40. The number of carboxylic acids is 1. The molecule has 1 heterocycles. The lowest BCUT2D eigenvalue weighted by atomic mass is 10.3. The molecule has 0 fully saturated rings. The molecular weight excluding hydrogens is 286 g/mol. The molecule has 19 heavy (non-hydrogen) atoms. The molecule has 1 N–H and O–H groups in total. The van der Waals surface area contributed by atoms with Crippen molar-refractivity contribution in [2.75, 3.05) is 0 Å². The van der Waals surface area contributed by atoms with Crippen LogP contribution in [0.3, 0.4) is 0 Å². The Balaban J connectivity index is 2.53. The third-order valence-electron chi connectivity index (χ3n) is 2.55. The summed E-state index contributed by atoms with van der Waals surface area (Å²) in [5.41, 5.74) is 0.550. The van der Waals surface area contributed by atoms with Gasteiger partial charge in [0.25, 0.3) is 0 Å². The fourth-order valence-electron chi connectivity index (χ4n) is 1.61. The van der Waals surface area contributed by atoms with Crippen molar-refractivity contribution in [3.8, 4) is 0 Å². The predicted molar refractivity (Wildman–Crippen MR) is 73.0 cm³/mol. The van der Waals surface area contributed by atoms with Crippen molar-refractivity contribution in [3.63, 3.8) is 0 Å². The lowest BCUT2D eigenvalue weighted by molar-refractivity contribution is -0.136. The number of benzene rings is 1. The first-order chi connectivity index (χ1) is 8.96. The van der Waals surface area contributed by atoms with Gasteiger partial charge in [-0.25, -0.2) is 13.4 Å².